The van der Waals surface area contributed by atoms with Gasteiger partial charge in [0.25, 0.3) is 0 Å². The van der Waals surface area contributed by atoms with Crippen molar-refractivity contribution in [1.29, 1.82) is 0 Å². The Morgan fingerprint density at radius 2 is 2.00 bits per heavy atom. The summed E-state index contributed by atoms with van der Waals surface area (Å²) in [7, 11) is 0. The van der Waals surface area contributed by atoms with Crippen molar-refractivity contribution in [3.05, 3.63) is 29.8 Å². The predicted molar refractivity (Wildman–Crippen MR) is 113 cm³/mol. The zero-order valence-corrected chi connectivity index (χ0v) is 18.1. The van der Waals surface area contributed by atoms with E-state index in [1.165, 1.54) is 0 Å². The first kappa shape index (κ1) is 21.0. The summed E-state index contributed by atoms with van der Waals surface area (Å²) in [4.78, 5) is 37.0. The standard InChI is InChI=1S/C24H27NO7/c1-22(7-6-17(28)25-18-14(26)4-3-13(19(18)29)21(30)31)16(27)5-8-24-10-12-9-15(20(22)24)32-23(12,2)11-24/h3-5,8,12,15,20,26,29H,6-7,9-11H2,1-2H3,(H,25,28)(H,30,31)/t12-,15+,20+,22?,23+,24-/m1/s1. The lowest BCUT2D eigenvalue weighted by atomic mass is 9.51. The number of benzene rings is 1. The molecule has 1 spiro atoms. The van der Waals surface area contributed by atoms with Crippen molar-refractivity contribution in [3.8, 4) is 11.5 Å². The molecule has 8 heteroatoms. The van der Waals surface area contributed by atoms with Crippen LogP contribution in [-0.4, -0.2) is 44.7 Å². The van der Waals surface area contributed by atoms with Crippen molar-refractivity contribution in [2.75, 3.05) is 5.32 Å². The van der Waals surface area contributed by atoms with Crippen molar-refractivity contribution in [1.82, 2.24) is 0 Å². The van der Waals surface area contributed by atoms with E-state index in [1.54, 1.807) is 6.08 Å². The SMILES string of the molecule is CC1(CCC(=O)Nc2c(O)ccc(C(=O)O)c2O)C(=O)C=C[C@@]23C[C@H]4C[C@H](O[C@@]4(C)C2)[C@@H]13. The monoisotopic (exact) mass is 441 g/mol. The third kappa shape index (κ3) is 2.75. The highest BCUT2D eigenvalue weighted by atomic mass is 16.5. The number of allylic oxidation sites excluding steroid dienone is 2. The summed E-state index contributed by atoms with van der Waals surface area (Å²) < 4.78 is 6.41. The molecule has 32 heavy (non-hydrogen) atoms. The maximum atomic E-state index is 13.1. The number of hydrogen-bond acceptors (Lipinski definition) is 6. The number of ether oxygens (including phenoxy) is 1. The van der Waals surface area contributed by atoms with Crippen LogP contribution in [0.5, 0.6) is 11.5 Å². The van der Waals surface area contributed by atoms with E-state index in [4.69, 9.17) is 9.84 Å². The Kier molecular flexibility index (Phi) is 4.31. The molecule has 2 aliphatic heterocycles. The number of carboxylic acids is 1. The number of aromatic carboxylic acids is 1. The number of aromatic hydroxyl groups is 2. The van der Waals surface area contributed by atoms with Crippen LogP contribution in [0.2, 0.25) is 0 Å². The molecular weight excluding hydrogens is 414 g/mol. The number of carbonyl (C=O) groups excluding carboxylic acids is 2. The third-order valence-corrected chi connectivity index (χ3v) is 8.44. The second-order valence-corrected chi connectivity index (χ2v) is 10.3. The summed E-state index contributed by atoms with van der Waals surface area (Å²) in [6.45, 7) is 4.08. The lowest BCUT2D eigenvalue weighted by Crippen LogP contribution is -2.56. The number of amides is 1. The first-order chi connectivity index (χ1) is 15.0. The molecule has 2 saturated heterocycles. The molecular formula is C24H27NO7. The summed E-state index contributed by atoms with van der Waals surface area (Å²) in [6, 6.07) is 2.16. The molecule has 4 fully saturated rings. The molecule has 5 aliphatic rings. The average molecular weight is 441 g/mol. The first-order valence-electron chi connectivity index (χ1n) is 11.0. The second kappa shape index (κ2) is 6.57. The Bertz CT molecular complexity index is 1080. The van der Waals surface area contributed by atoms with Crippen LogP contribution in [0.3, 0.4) is 0 Å². The summed E-state index contributed by atoms with van der Waals surface area (Å²) in [5.74, 6) is -2.55. The van der Waals surface area contributed by atoms with Gasteiger partial charge in [-0.25, -0.2) is 4.79 Å². The van der Waals surface area contributed by atoms with Gasteiger partial charge in [-0.1, -0.05) is 13.0 Å². The normalized spacial score (nSPS) is 38.7. The smallest absolute Gasteiger partial charge is 0.339 e. The maximum absolute atomic E-state index is 13.1. The highest BCUT2D eigenvalue weighted by Gasteiger charge is 2.71. The molecule has 1 aromatic carbocycles. The summed E-state index contributed by atoms with van der Waals surface area (Å²) >= 11 is 0. The van der Waals surface area contributed by atoms with E-state index in [9.17, 15) is 24.6 Å². The van der Waals surface area contributed by atoms with E-state index in [1.807, 2.05) is 6.92 Å². The minimum atomic E-state index is -1.38. The first-order valence-corrected chi connectivity index (χ1v) is 11.0. The summed E-state index contributed by atoms with van der Waals surface area (Å²) in [6.07, 6.45) is 6.86. The van der Waals surface area contributed by atoms with Crippen LogP contribution in [0, 0.1) is 22.7 Å². The van der Waals surface area contributed by atoms with E-state index in [-0.39, 0.29) is 47.4 Å². The van der Waals surface area contributed by atoms with Gasteiger partial charge in [0, 0.05) is 17.8 Å². The number of carboxylic acid groups (broad SMARTS) is 1. The third-order valence-electron chi connectivity index (χ3n) is 8.44. The number of nitrogens with one attached hydrogen (secondary N) is 1. The predicted octanol–water partition coefficient (Wildman–Crippen LogP) is 3.23. The minimum Gasteiger partial charge on any atom is -0.506 e. The number of anilines is 1. The fourth-order valence-electron chi connectivity index (χ4n) is 7.09. The maximum Gasteiger partial charge on any atom is 0.339 e. The van der Waals surface area contributed by atoms with E-state index >= 15 is 0 Å². The van der Waals surface area contributed by atoms with Gasteiger partial charge in [-0.2, -0.15) is 0 Å². The van der Waals surface area contributed by atoms with Crippen molar-refractivity contribution >= 4 is 23.3 Å². The molecule has 6 rings (SSSR count). The van der Waals surface area contributed by atoms with Gasteiger partial charge in [0.2, 0.25) is 5.91 Å². The minimum absolute atomic E-state index is 0.00395. The molecule has 2 saturated carbocycles. The summed E-state index contributed by atoms with van der Waals surface area (Å²) in [5.41, 5.74) is -1.75. The van der Waals surface area contributed by atoms with Gasteiger partial charge < -0.3 is 25.4 Å². The van der Waals surface area contributed by atoms with Gasteiger partial charge in [0.05, 0.1) is 11.7 Å². The van der Waals surface area contributed by atoms with Crippen molar-refractivity contribution in [2.45, 2.75) is 57.7 Å². The van der Waals surface area contributed by atoms with Crippen molar-refractivity contribution in [2.24, 2.45) is 22.7 Å². The Morgan fingerprint density at radius 3 is 2.69 bits per heavy atom. The fourth-order valence-corrected chi connectivity index (χ4v) is 7.09. The molecule has 4 bridgehead atoms. The quantitative estimate of drug-likeness (QED) is 0.516. The zero-order chi connectivity index (χ0) is 23.1. The highest BCUT2D eigenvalue weighted by molar-refractivity contribution is 6.00. The van der Waals surface area contributed by atoms with Crippen LogP contribution in [0.25, 0.3) is 0 Å². The Labute approximate surface area is 185 Å². The highest BCUT2D eigenvalue weighted by Crippen LogP contribution is 2.71. The van der Waals surface area contributed by atoms with Gasteiger partial charge in [0.1, 0.15) is 17.0 Å². The van der Waals surface area contributed by atoms with Gasteiger partial charge in [-0.15, -0.1) is 0 Å². The molecule has 0 radical (unpaired) electrons. The number of carbonyl (C=O) groups is 3. The van der Waals surface area contributed by atoms with E-state index in [0.29, 0.717) is 5.92 Å². The number of phenolic OH excluding ortho intramolecular Hbond substituents is 1. The van der Waals surface area contributed by atoms with Crippen LogP contribution in [-0.2, 0) is 14.3 Å². The Morgan fingerprint density at radius 1 is 1.25 bits per heavy atom. The van der Waals surface area contributed by atoms with Crippen molar-refractivity contribution < 1.29 is 34.4 Å². The molecule has 170 valence electrons. The fraction of sp³-hybridized carbons (Fsp3) is 0.542. The molecule has 1 unspecified atom stereocenters. The molecule has 4 N–H and O–H groups in total. The van der Waals surface area contributed by atoms with Gasteiger partial charge in [0.15, 0.2) is 11.5 Å². The molecule has 2 heterocycles. The second-order valence-electron chi connectivity index (χ2n) is 10.3. The topological polar surface area (TPSA) is 133 Å². The largest absolute Gasteiger partial charge is 0.506 e. The van der Waals surface area contributed by atoms with Crippen molar-refractivity contribution in [3.63, 3.8) is 0 Å². The molecule has 8 nitrogen and oxygen atoms in total. The number of rotatable bonds is 5. The molecule has 1 aromatic rings. The van der Waals surface area contributed by atoms with E-state index in [0.717, 1.165) is 31.4 Å². The summed E-state index contributed by atoms with van der Waals surface area (Å²) in [5, 5.41) is 31.7. The van der Waals surface area contributed by atoms with Crippen LogP contribution >= 0.6 is 0 Å². The Hall–Kier alpha value is -2.87. The Balaban J connectivity index is 1.36. The van der Waals surface area contributed by atoms with Gasteiger partial charge in [-0.3, -0.25) is 9.59 Å². The number of hydrogen-bond donors (Lipinski definition) is 4. The molecule has 0 aromatic heterocycles. The van der Waals surface area contributed by atoms with Gasteiger partial charge >= 0.3 is 5.97 Å². The zero-order valence-electron chi connectivity index (χ0n) is 18.1. The molecule has 1 amide bonds. The number of ketones is 1. The van der Waals surface area contributed by atoms with Crippen LogP contribution in [0.4, 0.5) is 5.69 Å². The van der Waals surface area contributed by atoms with Crippen LogP contribution in [0.1, 0.15) is 56.3 Å². The van der Waals surface area contributed by atoms with Crippen LogP contribution < -0.4 is 5.32 Å². The molecule has 3 aliphatic carbocycles. The number of phenols is 2. The average Bonchev–Trinajstić information content (AvgIpc) is 3.08. The lowest BCUT2D eigenvalue weighted by Gasteiger charge is -2.55. The van der Waals surface area contributed by atoms with E-state index in [2.05, 4.69) is 18.3 Å². The van der Waals surface area contributed by atoms with Crippen LogP contribution in [0.15, 0.2) is 24.3 Å². The molecule has 6 atom stereocenters. The van der Waals surface area contributed by atoms with E-state index < -0.39 is 34.4 Å². The lowest BCUT2D eigenvalue weighted by molar-refractivity contribution is -0.169. The van der Waals surface area contributed by atoms with Gasteiger partial charge in [-0.05, 0) is 62.1 Å².